The first kappa shape index (κ1) is 10.8. The van der Waals surface area contributed by atoms with Crippen LogP contribution in [0.4, 0.5) is 0 Å². The molecule has 0 radical (unpaired) electrons. The Hall–Kier alpha value is 0.270. The molecule has 82 valence electrons. The number of rotatable bonds is 2. The molecule has 3 atom stereocenters. The van der Waals surface area contributed by atoms with Crippen LogP contribution in [0.1, 0.15) is 38.5 Å². The molecule has 0 aromatic heterocycles. The van der Waals surface area contributed by atoms with Crippen molar-refractivity contribution in [2.24, 2.45) is 0 Å². The highest BCUT2D eigenvalue weighted by molar-refractivity contribution is 7.99. The molecule has 0 aromatic carbocycles. The van der Waals surface area contributed by atoms with Gasteiger partial charge < -0.3 is 10.4 Å². The number of hydrogen-bond acceptors (Lipinski definition) is 3. The summed E-state index contributed by atoms with van der Waals surface area (Å²) in [6, 6.07) is 1.04. The zero-order chi connectivity index (χ0) is 9.80. The SMILES string of the molecule is O[C@@H]1CCCC[C@@H]1N[C@H]1CCCSC1. The molecule has 0 amide bonds. The van der Waals surface area contributed by atoms with Crippen LogP contribution in [0.25, 0.3) is 0 Å². The summed E-state index contributed by atoms with van der Waals surface area (Å²) >= 11 is 2.05. The third kappa shape index (κ3) is 2.88. The molecule has 1 aliphatic carbocycles. The molecular weight excluding hydrogens is 194 g/mol. The van der Waals surface area contributed by atoms with Crippen LogP contribution in [0.5, 0.6) is 0 Å². The maximum absolute atomic E-state index is 9.83. The lowest BCUT2D eigenvalue weighted by atomic mass is 9.92. The van der Waals surface area contributed by atoms with E-state index in [1.807, 2.05) is 11.8 Å². The lowest BCUT2D eigenvalue weighted by Crippen LogP contribution is -2.48. The number of thioether (sulfide) groups is 1. The van der Waals surface area contributed by atoms with Crippen LogP contribution in [-0.4, -0.2) is 34.8 Å². The molecule has 2 rings (SSSR count). The topological polar surface area (TPSA) is 32.3 Å². The lowest BCUT2D eigenvalue weighted by molar-refractivity contribution is 0.0855. The van der Waals surface area contributed by atoms with Crippen molar-refractivity contribution in [3.8, 4) is 0 Å². The van der Waals surface area contributed by atoms with E-state index >= 15 is 0 Å². The first-order chi connectivity index (χ1) is 6.86. The highest BCUT2D eigenvalue weighted by Gasteiger charge is 2.25. The quantitative estimate of drug-likeness (QED) is 0.736. The van der Waals surface area contributed by atoms with Gasteiger partial charge in [-0.05, 0) is 31.4 Å². The van der Waals surface area contributed by atoms with E-state index in [-0.39, 0.29) is 6.10 Å². The molecule has 1 aliphatic heterocycles. The first-order valence-electron chi connectivity index (χ1n) is 5.88. The molecule has 1 saturated carbocycles. The van der Waals surface area contributed by atoms with Gasteiger partial charge in [-0.2, -0.15) is 11.8 Å². The van der Waals surface area contributed by atoms with Crippen molar-refractivity contribution in [2.45, 2.75) is 56.7 Å². The van der Waals surface area contributed by atoms with Crippen molar-refractivity contribution < 1.29 is 5.11 Å². The minimum Gasteiger partial charge on any atom is -0.392 e. The number of aliphatic hydroxyl groups excluding tert-OH is 1. The van der Waals surface area contributed by atoms with E-state index in [1.54, 1.807) is 0 Å². The van der Waals surface area contributed by atoms with E-state index in [2.05, 4.69) is 5.32 Å². The second-order valence-electron chi connectivity index (χ2n) is 4.54. The monoisotopic (exact) mass is 215 g/mol. The number of aliphatic hydroxyl groups is 1. The van der Waals surface area contributed by atoms with E-state index in [0.29, 0.717) is 12.1 Å². The van der Waals surface area contributed by atoms with E-state index in [9.17, 15) is 5.11 Å². The van der Waals surface area contributed by atoms with Crippen molar-refractivity contribution in [2.75, 3.05) is 11.5 Å². The van der Waals surface area contributed by atoms with Crippen LogP contribution in [0.3, 0.4) is 0 Å². The van der Waals surface area contributed by atoms with E-state index in [0.717, 1.165) is 6.42 Å². The van der Waals surface area contributed by atoms with Gasteiger partial charge in [0.2, 0.25) is 0 Å². The summed E-state index contributed by atoms with van der Waals surface area (Å²) in [5.74, 6) is 2.56. The highest BCUT2D eigenvalue weighted by Crippen LogP contribution is 2.22. The van der Waals surface area contributed by atoms with Gasteiger partial charge in [0.15, 0.2) is 0 Å². The van der Waals surface area contributed by atoms with Crippen molar-refractivity contribution in [3.63, 3.8) is 0 Å². The van der Waals surface area contributed by atoms with Crippen molar-refractivity contribution in [1.29, 1.82) is 0 Å². The Bertz CT molecular complexity index is 171. The molecule has 1 heterocycles. The standard InChI is InChI=1S/C11H21NOS/c13-11-6-2-1-5-10(11)12-9-4-3-7-14-8-9/h9-13H,1-8H2/t9-,10-,11+/m0/s1. The molecular formula is C11H21NOS. The molecule has 0 bridgehead atoms. The van der Waals surface area contributed by atoms with E-state index in [4.69, 9.17) is 0 Å². The Morgan fingerprint density at radius 3 is 2.64 bits per heavy atom. The molecule has 0 spiro atoms. The van der Waals surface area contributed by atoms with Gasteiger partial charge in [0.1, 0.15) is 0 Å². The average Bonchev–Trinajstić information content (AvgIpc) is 2.23. The van der Waals surface area contributed by atoms with Crippen LogP contribution >= 0.6 is 11.8 Å². The number of hydrogen-bond donors (Lipinski definition) is 2. The predicted octanol–water partition coefficient (Wildman–Crippen LogP) is 1.78. The largest absolute Gasteiger partial charge is 0.392 e. The Kier molecular flexibility index (Phi) is 4.14. The second kappa shape index (κ2) is 5.38. The van der Waals surface area contributed by atoms with Crippen molar-refractivity contribution >= 4 is 11.8 Å². The fourth-order valence-corrected chi connectivity index (χ4v) is 3.57. The number of nitrogens with one attached hydrogen (secondary N) is 1. The summed E-state index contributed by atoms with van der Waals surface area (Å²) in [6.07, 6.45) is 7.21. The second-order valence-corrected chi connectivity index (χ2v) is 5.69. The van der Waals surface area contributed by atoms with Gasteiger partial charge in [-0.15, -0.1) is 0 Å². The summed E-state index contributed by atoms with van der Waals surface area (Å²) < 4.78 is 0. The Morgan fingerprint density at radius 1 is 1.07 bits per heavy atom. The first-order valence-corrected chi connectivity index (χ1v) is 7.03. The lowest BCUT2D eigenvalue weighted by Gasteiger charge is -2.33. The molecule has 2 nitrogen and oxygen atoms in total. The molecule has 3 heteroatoms. The normalized spacial score (nSPS) is 39.6. The minimum absolute atomic E-state index is 0.0873. The minimum atomic E-state index is -0.0873. The summed E-state index contributed by atoms with van der Waals surface area (Å²) in [6.45, 7) is 0. The van der Waals surface area contributed by atoms with Gasteiger partial charge in [0.25, 0.3) is 0 Å². The molecule has 0 unspecified atom stereocenters. The van der Waals surface area contributed by atoms with Gasteiger partial charge in [-0.1, -0.05) is 12.8 Å². The van der Waals surface area contributed by atoms with Gasteiger partial charge in [-0.25, -0.2) is 0 Å². The Labute approximate surface area is 90.8 Å². The van der Waals surface area contributed by atoms with Crippen LogP contribution in [0, 0.1) is 0 Å². The third-order valence-corrected chi connectivity index (χ3v) is 4.55. The zero-order valence-electron chi connectivity index (χ0n) is 8.74. The maximum atomic E-state index is 9.83. The van der Waals surface area contributed by atoms with Gasteiger partial charge in [0.05, 0.1) is 6.10 Å². The smallest absolute Gasteiger partial charge is 0.0693 e. The average molecular weight is 215 g/mol. The zero-order valence-corrected chi connectivity index (χ0v) is 9.56. The van der Waals surface area contributed by atoms with Crippen molar-refractivity contribution in [3.05, 3.63) is 0 Å². The van der Waals surface area contributed by atoms with Crippen molar-refractivity contribution in [1.82, 2.24) is 5.32 Å². The predicted molar refractivity (Wildman–Crippen MR) is 61.7 cm³/mol. The molecule has 2 fully saturated rings. The summed E-state index contributed by atoms with van der Waals surface area (Å²) in [5.41, 5.74) is 0. The van der Waals surface area contributed by atoms with Crippen LogP contribution < -0.4 is 5.32 Å². The summed E-state index contributed by atoms with van der Waals surface area (Å²) in [7, 11) is 0. The van der Waals surface area contributed by atoms with E-state index < -0.39 is 0 Å². The fourth-order valence-electron chi connectivity index (χ4n) is 2.48. The third-order valence-electron chi connectivity index (χ3n) is 3.34. The molecule has 2 N–H and O–H groups in total. The van der Waals surface area contributed by atoms with Crippen LogP contribution in [-0.2, 0) is 0 Å². The van der Waals surface area contributed by atoms with Gasteiger partial charge in [-0.3, -0.25) is 0 Å². The van der Waals surface area contributed by atoms with E-state index in [1.165, 1.54) is 43.6 Å². The van der Waals surface area contributed by atoms with Gasteiger partial charge >= 0.3 is 0 Å². The van der Waals surface area contributed by atoms with Gasteiger partial charge in [0, 0.05) is 17.8 Å². The molecule has 2 aliphatic rings. The molecule has 0 aromatic rings. The summed E-state index contributed by atoms with van der Waals surface area (Å²) in [5, 5.41) is 13.5. The van der Waals surface area contributed by atoms with Crippen LogP contribution in [0.15, 0.2) is 0 Å². The fraction of sp³-hybridized carbons (Fsp3) is 1.00. The molecule has 14 heavy (non-hydrogen) atoms. The Morgan fingerprint density at radius 2 is 1.93 bits per heavy atom. The maximum Gasteiger partial charge on any atom is 0.0693 e. The van der Waals surface area contributed by atoms with Crippen LogP contribution in [0.2, 0.25) is 0 Å². The molecule has 1 saturated heterocycles. The Balaban J connectivity index is 1.76. The summed E-state index contributed by atoms with van der Waals surface area (Å²) in [4.78, 5) is 0. The highest BCUT2D eigenvalue weighted by atomic mass is 32.2.